The molecule has 41 heavy (non-hydrogen) atoms. The number of fused-ring (bicyclic) bond motifs is 1. The molecule has 0 radical (unpaired) electrons. The Hall–Kier alpha value is -3.35. The highest BCUT2D eigenvalue weighted by Gasteiger charge is 2.51. The zero-order chi connectivity index (χ0) is 29.7. The van der Waals surface area contributed by atoms with Gasteiger partial charge in [0.1, 0.15) is 82.8 Å². The lowest BCUT2D eigenvalue weighted by molar-refractivity contribution is -0.355. The highest BCUT2D eigenvalue weighted by molar-refractivity contribution is 5.88. The Morgan fingerprint density at radius 2 is 1.49 bits per heavy atom. The number of phenolic OH excluding ortho intramolecular Hbond substituents is 3. The van der Waals surface area contributed by atoms with Crippen molar-refractivity contribution in [1.82, 2.24) is 0 Å². The van der Waals surface area contributed by atoms with Crippen LogP contribution in [0.25, 0.3) is 22.3 Å². The molecule has 10 N–H and O–H groups in total. The van der Waals surface area contributed by atoms with Gasteiger partial charge in [0, 0.05) is 17.7 Å². The number of aliphatic hydroxyl groups excluding tert-OH is 7. The third kappa shape index (κ3) is 5.13. The summed E-state index contributed by atoms with van der Waals surface area (Å²) in [6.07, 6.45) is -18.5. The fourth-order valence-electron chi connectivity index (χ4n) is 4.94. The van der Waals surface area contributed by atoms with E-state index in [0.29, 0.717) is 5.56 Å². The zero-order valence-electron chi connectivity index (χ0n) is 21.0. The monoisotopic (exact) mass is 580 g/mol. The Balaban J connectivity index is 1.50. The molecule has 2 aromatic carbocycles. The largest absolute Gasteiger partial charge is 0.508 e. The van der Waals surface area contributed by atoms with Gasteiger partial charge in [-0.05, 0) is 24.3 Å². The number of aromatic hydroxyl groups is 3. The van der Waals surface area contributed by atoms with Crippen molar-refractivity contribution in [2.75, 3.05) is 6.61 Å². The van der Waals surface area contributed by atoms with Crippen LogP contribution in [-0.2, 0) is 14.2 Å². The predicted molar refractivity (Wildman–Crippen MR) is 133 cm³/mol. The number of ether oxygens (including phenoxy) is 3. The zero-order valence-corrected chi connectivity index (χ0v) is 21.0. The van der Waals surface area contributed by atoms with Gasteiger partial charge >= 0.3 is 0 Å². The summed E-state index contributed by atoms with van der Waals surface area (Å²) in [4.78, 5) is 13.0. The number of phenols is 3. The van der Waals surface area contributed by atoms with Gasteiger partial charge in [-0.1, -0.05) is 0 Å². The maximum Gasteiger partial charge on any atom is 0.197 e. The van der Waals surface area contributed by atoms with Crippen LogP contribution in [0, 0.1) is 0 Å². The molecule has 0 bridgehead atoms. The summed E-state index contributed by atoms with van der Waals surface area (Å²) in [6.45, 7) is -0.787. The Kier molecular flexibility index (Phi) is 7.92. The average Bonchev–Trinajstić information content (AvgIpc) is 2.93. The van der Waals surface area contributed by atoms with Crippen molar-refractivity contribution in [3.05, 3.63) is 52.2 Å². The number of hydrogen-bond donors (Lipinski definition) is 10. The van der Waals surface area contributed by atoms with Crippen molar-refractivity contribution in [3.8, 4) is 28.6 Å². The third-order valence-corrected chi connectivity index (χ3v) is 7.15. The van der Waals surface area contributed by atoms with E-state index in [2.05, 4.69) is 0 Å². The molecule has 0 unspecified atom stereocenters. The number of hydrogen-bond acceptors (Lipinski definition) is 15. The fraction of sp³-hybridized carbons (Fsp3) is 0.423. The lowest BCUT2D eigenvalue weighted by atomic mass is 9.91. The molecular weight excluding hydrogens is 552 g/mol. The molecule has 5 rings (SSSR count). The predicted octanol–water partition coefficient (Wildman–Crippen LogP) is -2.13. The maximum atomic E-state index is 13.0. The number of rotatable bonds is 5. The quantitative estimate of drug-likeness (QED) is 0.155. The molecule has 3 heterocycles. The SMILES string of the molecule is O=c1cc(-c2ccc(O)cc2)oc2cc(O)c([C@@H]3O[C@H](O)[C@@H](O)[C@H](O[C@@H]4O[C@H](CO)[C@@H](O)[C@H](O)[C@H]4O)[C@H]3O)c(O)c12. The van der Waals surface area contributed by atoms with Crippen LogP contribution in [0.15, 0.2) is 45.6 Å². The van der Waals surface area contributed by atoms with Crippen molar-refractivity contribution in [2.45, 2.75) is 61.4 Å². The van der Waals surface area contributed by atoms with Gasteiger partial charge < -0.3 is 69.7 Å². The van der Waals surface area contributed by atoms with Gasteiger partial charge in [-0.3, -0.25) is 4.79 Å². The number of benzene rings is 2. The van der Waals surface area contributed by atoms with E-state index in [9.17, 15) is 55.9 Å². The average molecular weight is 580 g/mol. The normalized spacial score (nSPS) is 34.1. The van der Waals surface area contributed by atoms with Crippen LogP contribution in [0.5, 0.6) is 17.2 Å². The summed E-state index contributed by atoms with van der Waals surface area (Å²) >= 11 is 0. The van der Waals surface area contributed by atoms with Crippen LogP contribution < -0.4 is 5.43 Å². The molecule has 15 nitrogen and oxygen atoms in total. The fourth-order valence-corrected chi connectivity index (χ4v) is 4.94. The van der Waals surface area contributed by atoms with Gasteiger partial charge in [0.25, 0.3) is 0 Å². The molecule has 2 fully saturated rings. The van der Waals surface area contributed by atoms with Gasteiger partial charge in [0.2, 0.25) is 0 Å². The molecule has 10 atom stereocenters. The van der Waals surface area contributed by atoms with E-state index in [1.54, 1.807) is 0 Å². The van der Waals surface area contributed by atoms with E-state index < -0.39 is 95.9 Å². The van der Waals surface area contributed by atoms with Crippen molar-refractivity contribution in [1.29, 1.82) is 0 Å². The topological polar surface area (TPSA) is 260 Å². The lowest BCUT2D eigenvalue weighted by Gasteiger charge is -2.45. The van der Waals surface area contributed by atoms with Gasteiger partial charge in [0.15, 0.2) is 18.0 Å². The van der Waals surface area contributed by atoms with E-state index in [4.69, 9.17) is 18.6 Å². The molecule has 222 valence electrons. The standard InChI is InChI=1S/C26H28O15/c27-7-14-17(31)19(33)20(34)26(39-14)41-24-21(35)23(40-25(37)22(24)36)16-11(30)6-13-15(18(16)32)10(29)5-12(38-13)8-1-3-9(28)4-2-8/h1-6,14,17,19-28,30-37H,7H2/t14-,17-,19+,20-,21+,22+,23+,24-,25+,26+/m1/s1. The van der Waals surface area contributed by atoms with Crippen molar-refractivity contribution in [2.24, 2.45) is 0 Å². The molecule has 0 spiro atoms. The molecular formula is C26H28O15. The first kappa shape index (κ1) is 29.2. The third-order valence-electron chi connectivity index (χ3n) is 7.15. The van der Waals surface area contributed by atoms with Gasteiger partial charge in [-0.2, -0.15) is 0 Å². The van der Waals surface area contributed by atoms with Gasteiger partial charge in [0.05, 0.1) is 12.2 Å². The Morgan fingerprint density at radius 3 is 2.15 bits per heavy atom. The summed E-state index contributed by atoms with van der Waals surface area (Å²) in [5.41, 5.74) is -1.17. The van der Waals surface area contributed by atoms with Gasteiger partial charge in [-0.15, -0.1) is 0 Å². The first-order valence-corrected chi connectivity index (χ1v) is 12.4. The summed E-state index contributed by atoms with van der Waals surface area (Å²) in [6, 6.07) is 7.70. The highest BCUT2D eigenvalue weighted by atomic mass is 16.7. The van der Waals surface area contributed by atoms with Gasteiger partial charge in [-0.25, -0.2) is 0 Å². The molecule has 2 aliphatic rings. The van der Waals surface area contributed by atoms with Crippen LogP contribution in [0.4, 0.5) is 0 Å². The van der Waals surface area contributed by atoms with Crippen LogP contribution in [-0.4, -0.2) is 113 Å². The van der Waals surface area contributed by atoms with Crippen LogP contribution >= 0.6 is 0 Å². The molecule has 2 saturated heterocycles. The Bertz CT molecular complexity index is 1450. The van der Waals surface area contributed by atoms with Crippen LogP contribution in [0.3, 0.4) is 0 Å². The van der Waals surface area contributed by atoms with E-state index >= 15 is 0 Å². The summed E-state index contributed by atoms with van der Waals surface area (Å²) in [5, 5.41) is 103. The summed E-state index contributed by atoms with van der Waals surface area (Å²) in [7, 11) is 0. The van der Waals surface area contributed by atoms with Crippen molar-refractivity contribution < 1.29 is 69.7 Å². The molecule has 3 aromatic rings. The van der Waals surface area contributed by atoms with Crippen LogP contribution in [0.2, 0.25) is 0 Å². The van der Waals surface area contributed by atoms with Crippen LogP contribution in [0.1, 0.15) is 11.7 Å². The first-order chi connectivity index (χ1) is 19.4. The minimum Gasteiger partial charge on any atom is -0.508 e. The molecule has 15 heteroatoms. The van der Waals surface area contributed by atoms with E-state index in [1.807, 2.05) is 0 Å². The lowest BCUT2D eigenvalue weighted by Crippen LogP contribution is -2.63. The van der Waals surface area contributed by atoms with Crippen molar-refractivity contribution >= 4 is 11.0 Å². The Labute approximate surface area is 229 Å². The minimum absolute atomic E-state index is 0.0241. The van der Waals surface area contributed by atoms with E-state index in [-0.39, 0.29) is 17.1 Å². The van der Waals surface area contributed by atoms with E-state index in [1.165, 1.54) is 24.3 Å². The molecule has 1 aromatic heterocycles. The minimum atomic E-state index is -2.10. The van der Waals surface area contributed by atoms with Crippen molar-refractivity contribution in [3.63, 3.8) is 0 Å². The summed E-state index contributed by atoms with van der Waals surface area (Å²) in [5.74, 6) is -1.58. The molecule has 2 aliphatic heterocycles. The number of aliphatic hydroxyl groups is 7. The van der Waals surface area contributed by atoms with E-state index in [0.717, 1.165) is 12.1 Å². The molecule has 0 amide bonds. The second-order valence-electron chi connectivity index (χ2n) is 9.78. The molecule has 0 aliphatic carbocycles. The summed E-state index contributed by atoms with van der Waals surface area (Å²) < 4.78 is 21.6. The first-order valence-electron chi connectivity index (χ1n) is 12.4. The highest BCUT2D eigenvalue weighted by Crippen LogP contribution is 2.45. The maximum absolute atomic E-state index is 13.0. The smallest absolute Gasteiger partial charge is 0.197 e. The second kappa shape index (κ2) is 11.1. The second-order valence-corrected chi connectivity index (χ2v) is 9.78. The Morgan fingerprint density at radius 1 is 0.805 bits per heavy atom. The molecule has 0 saturated carbocycles.